The molecule has 4 heteroatoms. The number of nitrogens with zero attached hydrogens (tertiary/aromatic N) is 3. The Balaban J connectivity index is 1.51. The first-order chi connectivity index (χ1) is 12.0. The van der Waals surface area contributed by atoms with E-state index < -0.39 is 5.54 Å². The minimum Gasteiger partial charge on any atom is -0.298 e. The van der Waals surface area contributed by atoms with Gasteiger partial charge in [0.2, 0.25) is 0 Å². The van der Waals surface area contributed by atoms with Crippen LogP contribution >= 0.6 is 0 Å². The van der Waals surface area contributed by atoms with Crippen molar-refractivity contribution in [2.24, 2.45) is 22.7 Å². The largest absolute Gasteiger partial charge is 0.298 e. The van der Waals surface area contributed by atoms with E-state index in [-0.39, 0.29) is 5.91 Å². The highest BCUT2D eigenvalue weighted by Gasteiger charge is 2.60. The van der Waals surface area contributed by atoms with Gasteiger partial charge < -0.3 is 0 Å². The van der Waals surface area contributed by atoms with Gasteiger partial charge in [-0.2, -0.15) is 0 Å². The summed E-state index contributed by atoms with van der Waals surface area (Å²) in [4.78, 5) is 22.7. The Kier molecular flexibility index (Phi) is 4.19. The number of amides is 1. The Hall–Kier alpha value is -1.68. The highest BCUT2D eigenvalue weighted by Crippen LogP contribution is 2.50. The molecule has 0 N–H and O–H groups in total. The second-order valence-electron chi connectivity index (χ2n) is 8.48. The second kappa shape index (κ2) is 6.24. The van der Waals surface area contributed by atoms with Crippen molar-refractivity contribution in [2.45, 2.75) is 45.7 Å². The molecule has 134 valence electrons. The van der Waals surface area contributed by atoms with E-state index in [9.17, 15) is 4.79 Å². The van der Waals surface area contributed by atoms with Crippen LogP contribution in [0.1, 0.15) is 39.2 Å². The highest BCUT2D eigenvalue weighted by atomic mass is 16.2. The monoisotopic (exact) mass is 339 g/mol. The van der Waals surface area contributed by atoms with Crippen molar-refractivity contribution in [3.63, 3.8) is 0 Å². The molecular weight excluding hydrogens is 310 g/mol. The van der Waals surface area contributed by atoms with Crippen molar-refractivity contribution < 1.29 is 4.79 Å². The van der Waals surface area contributed by atoms with Gasteiger partial charge in [-0.3, -0.25) is 19.6 Å². The van der Waals surface area contributed by atoms with Crippen LogP contribution in [0.5, 0.6) is 0 Å². The maximum atomic E-state index is 13.3. The van der Waals surface area contributed by atoms with Gasteiger partial charge in [0.1, 0.15) is 11.4 Å². The number of hydrogen-bond donors (Lipinski definition) is 0. The minimum atomic E-state index is -0.463. The van der Waals surface area contributed by atoms with Crippen molar-refractivity contribution >= 4 is 11.7 Å². The van der Waals surface area contributed by atoms with Crippen molar-refractivity contribution in [3.05, 3.63) is 35.9 Å². The normalized spacial score (nSPS) is 32.1. The lowest BCUT2D eigenvalue weighted by Crippen LogP contribution is -2.47. The smallest absolute Gasteiger partial charge is 0.256 e. The molecule has 1 aromatic carbocycles. The lowest BCUT2D eigenvalue weighted by molar-refractivity contribution is -0.132. The third kappa shape index (κ3) is 2.80. The average molecular weight is 339 g/mol. The summed E-state index contributed by atoms with van der Waals surface area (Å²) < 4.78 is 0. The SMILES string of the molecule is CC1=N[C@@]2(CC[C@@H]3CN(Cc4ccccc4)C[C@@H]32)C(=O)N1CC(C)C. The van der Waals surface area contributed by atoms with Crippen LogP contribution in [0.2, 0.25) is 0 Å². The molecule has 1 spiro atoms. The van der Waals surface area contributed by atoms with Crippen molar-refractivity contribution in [2.75, 3.05) is 19.6 Å². The van der Waals surface area contributed by atoms with Gasteiger partial charge in [0.05, 0.1) is 0 Å². The van der Waals surface area contributed by atoms with Gasteiger partial charge in [0.25, 0.3) is 5.91 Å². The maximum absolute atomic E-state index is 13.3. The first kappa shape index (κ1) is 16.8. The van der Waals surface area contributed by atoms with Crippen LogP contribution in [-0.4, -0.2) is 46.7 Å². The Morgan fingerprint density at radius 1 is 1.24 bits per heavy atom. The lowest BCUT2D eigenvalue weighted by atomic mass is 9.84. The molecule has 3 aliphatic rings. The zero-order chi connectivity index (χ0) is 17.6. The van der Waals surface area contributed by atoms with E-state index >= 15 is 0 Å². The molecule has 1 aromatic rings. The first-order valence-electron chi connectivity index (χ1n) is 9.64. The van der Waals surface area contributed by atoms with Gasteiger partial charge >= 0.3 is 0 Å². The van der Waals surface area contributed by atoms with E-state index in [1.165, 1.54) is 5.56 Å². The molecule has 0 bridgehead atoms. The second-order valence-corrected chi connectivity index (χ2v) is 8.48. The predicted molar refractivity (Wildman–Crippen MR) is 100 cm³/mol. The van der Waals surface area contributed by atoms with Crippen molar-refractivity contribution in [1.29, 1.82) is 0 Å². The van der Waals surface area contributed by atoms with Crippen LogP contribution < -0.4 is 0 Å². The zero-order valence-corrected chi connectivity index (χ0v) is 15.6. The molecule has 0 radical (unpaired) electrons. The van der Waals surface area contributed by atoms with Gasteiger partial charge in [-0.15, -0.1) is 0 Å². The standard InChI is InChI=1S/C21H29N3O/c1-15(2)11-24-16(3)22-21(20(24)25)10-9-18-13-23(14-19(18)21)12-17-7-5-4-6-8-17/h4-8,15,18-19H,9-14H2,1-3H3/t18-,19+,21-/m1/s1. The highest BCUT2D eigenvalue weighted by molar-refractivity contribution is 6.07. The van der Waals surface area contributed by atoms with E-state index in [0.29, 0.717) is 17.8 Å². The summed E-state index contributed by atoms with van der Waals surface area (Å²) >= 11 is 0. The fourth-order valence-electron chi connectivity index (χ4n) is 5.12. The molecule has 1 saturated heterocycles. The minimum absolute atomic E-state index is 0.271. The summed E-state index contributed by atoms with van der Waals surface area (Å²) in [5.74, 6) is 2.67. The number of fused-ring (bicyclic) bond motifs is 2. The van der Waals surface area contributed by atoms with E-state index in [1.807, 2.05) is 11.8 Å². The topological polar surface area (TPSA) is 35.9 Å². The van der Waals surface area contributed by atoms with Crippen molar-refractivity contribution in [3.8, 4) is 0 Å². The molecule has 0 aromatic heterocycles. The Morgan fingerprint density at radius 3 is 2.72 bits per heavy atom. The number of likely N-dealkylation sites (tertiary alicyclic amines) is 1. The molecule has 1 amide bonds. The number of rotatable bonds is 4. The Bertz CT molecular complexity index is 684. The zero-order valence-electron chi connectivity index (χ0n) is 15.6. The third-order valence-corrected chi connectivity index (χ3v) is 6.19. The van der Waals surface area contributed by atoms with Crippen LogP contribution in [0.4, 0.5) is 0 Å². The van der Waals surface area contributed by atoms with Crippen LogP contribution in [0.3, 0.4) is 0 Å². The molecular formula is C21H29N3O. The molecule has 3 atom stereocenters. The van der Waals surface area contributed by atoms with Crippen LogP contribution in [0.25, 0.3) is 0 Å². The Labute approximate surface area is 150 Å². The van der Waals surface area contributed by atoms with Gasteiger partial charge in [-0.1, -0.05) is 44.2 Å². The molecule has 4 nitrogen and oxygen atoms in total. The van der Waals surface area contributed by atoms with Crippen LogP contribution in [0.15, 0.2) is 35.3 Å². The number of amidine groups is 1. The molecule has 2 fully saturated rings. The fraction of sp³-hybridized carbons (Fsp3) is 0.619. The molecule has 1 saturated carbocycles. The van der Waals surface area contributed by atoms with Gasteiger partial charge in [0, 0.05) is 32.1 Å². The number of benzene rings is 1. The van der Waals surface area contributed by atoms with Gasteiger partial charge in [0.15, 0.2) is 0 Å². The summed E-state index contributed by atoms with van der Waals surface area (Å²) in [6.07, 6.45) is 2.07. The Morgan fingerprint density at radius 2 is 2.00 bits per heavy atom. The summed E-state index contributed by atoms with van der Waals surface area (Å²) in [7, 11) is 0. The quantitative estimate of drug-likeness (QED) is 0.845. The molecule has 25 heavy (non-hydrogen) atoms. The number of aliphatic imine (C=N–C) groups is 1. The van der Waals surface area contributed by atoms with Gasteiger partial charge in [-0.05, 0) is 37.2 Å². The molecule has 2 aliphatic heterocycles. The lowest BCUT2D eigenvalue weighted by Gasteiger charge is -2.28. The predicted octanol–water partition coefficient (Wildman–Crippen LogP) is 3.18. The van der Waals surface area contributed by atoms with Crippen molar-refractivity contribution in [1.82, 2.24) is 9.80 Å². The number of hydrogen-bond acceptors (Lipinski definition) is 3. The third-order valence-electron chi connectivity index (χ3n) is 6.19. The number of carbonyl (C=O) groups excluding carboxylic acids is 1. The summed E-state index contributed by atoms with van der Waals surface area (Å²) in [6.45, 7) is 10.2. The van der Waals surface area contributed by atoms with E-state index in [1.54, 1.807) is 0 Å². The van der Waals surface area contributed by atoms with E-state index in [4.69, 9.17) is 4.99 Å². The average Bonchev–Trinajstić information content (AvgIpc) is 3.19. The molecule has 1 aliphatic carbocycles. The number of carbonyl (C=O) groups is 1. The molecule has 4 rings (SSSR count). The first-order valence-corrected chi connectivity index (χ1v) is 9.64. The summed E-state index contributed by atoms with van der Waals surface area (Å²) in [6, 6.07) is 10.7. The molecule has 0 unspecified atom stereocenters. The summed E-state index contributed by atoms with van der Waals surface area (Å²) in [5.41, 5.74) is 0.894. The molecule has 2 heterocycles. The van der Waals surface area contributed by atoms with Crippen LogP contribution in [-0.2, 0) is 11.3 Å². The summed E-state index contributed by atoms with van der Waals surface area (Å²) in [5, 5.41) is 0. The fourth-order valence-corrected chi connectivity index (χ4v) is 5.12. The van der Waals surface area contributed by atoms with E-state index in [2.05, 4.69) is 49.1 Å². The van der Waals surface area contributed by atoms with Gasteiger partial charge in [-0.25, -0.2) is 0 Å². The maximum Gasteiger partial charge on any atom is 0.256 e. The van der Waals surface area contributed by atoms with E-state index in [0.717, 1.165) is 44.9 Å². The van der Waals surface area contributed by atoms with Crippen LogP contribution in [0, 0.1) is 17.8 Å².